The Morgan fingerprint density at radius 3 is 3.00 bits per heavy atom. The third kappa shape index (κ3) is 3.05. The molecule has 3 aromatic rings. The number of aromatic nitrogens is 4. The van der Waals surface area contributed by atoms with E-state index in [-0.39, 0.29) is 24.3 Å². The van der Waals surface area contributed by atoms with Crippen molar-refractivity contribution in [2.24, 2.45) is 0 Å². The maximum Gasteiger partial charge on any atom is 0.244 e. The van der Waals surface area contributed by atoms with Crippen molar-refractivity contribution in [1.82, 2.24) is 24.6 Å². The molecule has 1 fully saturated rings. The van der Waals surface area contributed by atoms with Crippen molar-refractivity contribution in [1.29, 1.82) is 0 Å². The van der Waals surface area contributed by atoms with Crippen LogP contribution in [0.25, 0.3) is 11.3 Å². The number of hydrogen-bond acceptors (Lipinski definition) is 3. The number of H-pyrrole nitrogens is 1. The predicted molar refractivity (Wildman–Crippen MR) is 89.9 cm³/mol. The lowest BCUT2D eigenvalue weighted by Crippen LogP contribution is -2.34. The predicted octanol–water partition coefficient (Wildman–Crippen LogP) is 2.78. The average molecular weight is 339 g/mol. The molecule has 1 N–H and O–H groups in total. The molecule has 0 bridgehead atoms. The third-order valence-electron chi connectivity index (χ3n) is 4.50. The van der Waals surface area contributed by atoms with Crippen LogP contribution >= 0.6 is 0 Å². The first-order valence-electron chi connectivity index (χ1n) is 8.29. The standard InChI is InChI=1S/C18H18FN5O/c19-14-6-2-1-5-13(14)15-11-20-18(22-15)16-7-3-10-24(16)17(25)12-23-9-4-8-21-23/h1-2,4-6,8-9,11,16H,3,7,10,12H2,(H,20,22). The first kappa shape index (κ1) is 15.6. The van der Waals surface area contributed by atoms with Crippen molar-refractivity contribution in [2.75, 3.05) is 6.54 Å². The van der Waals surface area contributed by atoms with Crippen LogP contribution in [0.15, 0.2) is 48.9 Å². The number of carbonyl (C=O) groups excluding carboxylic acids is 1. The second-order valence-electron chi connectivity index (χ2n) is 6.11. The molecule has 1 amide bonds. The molecule has 1 aliphatic heterocycles. The number of halogens is 1. The minimum absolute atomic E-state index is 0.00930. The van der Waals surface area contributed by atoms with Gasteiger partial charge in [0.25, 0.3) is 0 Å². The van der Waals surface area contributed by atoms with Crippen LogP contribution in [0.4, 0.5) is 4.39 Å². The number of benzene rings is 1. The maximum absolute atomic E-state index is 14.0. The van der Waals surface area contributed by atoms with E-state index in [0.717, 1.165) is 12.8 Å². The van der Waals surface area contributed by atoms with Crippen LogP contribution in [0.1, 0.15) is 24.7 Å². The summed E-state index contributed by atoms with van der Waals surface area (Å²) >= 11 is 0. The van der Waals surface area contributed by atoms with E-state index in [0.29, 0.717) is 23.6 Å². The topological polar surface area (TPSA) is 66.8 Å². The molecule has 1 aliphatic rings. The van der Waals surface area contributed by atoms with Gasteiger partial charge in [0, 0.05) is 24.5 Å². The van der Waals surface area contributed by atoms with E-state index >= 15 is 0 Å². The van der Waals surface area contributed by atoms with Crippen molar-refractivity contribution >= 4 is 5.91 Å². The van der Waals surface area contributed by atoms with Gasteiger partial charge in [0.1, 0.15) is 18.2 Å². The summed E-state index contributed by atoms with van der Waals surface area (Å²) in [4.78, 5) is 22.0. The summed E-state index contributed by atoms with van der Waals surface area (Å²) < 4.78 is 15.6. The molecule has 3 heterocycles. The largest absolute Gasteiger partial charge is 0.340 e. The molecule has 4 rings (SSSR count). The Labute approximate surface area is 144 Å². The molecule has 0 radical (unpaired) electrons. The van der Waals surface area contributed by atoms with E-state index in [4.69, 9.17) is 0 Å². The highest BCUT2D eigenvalue weighted by Gasteiger charge is 2.32. The van der Waals surface area contributed by atoms with Crippen molar-refractivity contribution < 1.29 is 9.18 Å². The molecule has 25 heavy (non-hydrogen) atoms. The van der Waals surface area contributed by atoms with E-state index in [1.807, 2.05) is 4.90 Å². The zero-order valence-electron chi connectivity index (χ0n) is 13.6. The lowest BCUT2D eigenvalue weighted by Gasteiger charge is -2.23. The molecule has 7 heteroatoms. The van der Waals surface area contributed by atoms with E-state index in [9.17, 15) is 9.18 Å². The van der Waals surface area contributed by atoms with Crippen LogP contribution in [0.2, 0.25) is 0 Å². The van der Waals surface area contributed by atoms with Gasteiger partial charge in [-0.25, -0.2) is 9.37 Å². The van der Waals surface area contributed by atoms with E-state index in [2.05, 4.69) is 15.1 Å². The number of carbonyl (C=O) groups is 1. The van der Waals surface area contributed by atoms with E-state index in [1.165, 1.54) is 6.07 Å². The van der Waals surface area contributed by atoms with E-state index in [1.54, 1.807) is 47.5 Å². The van der Waals surface area contributed by atoms with Gasteiger partial charge in [0.05, 0.1) is 17.9 Å². The summed E-state index contributed by atoms with van der Waals surface area (Å²) in [6.07, 6.45) is 6.82. The number of nitrogens with one attached hydrogen (secondary N) is 1. The molecule has 1 saturated heterocycles. The Balaban J connectivity index is 1.55. The zero-order chi connectivity index (χ0) is 17.2. The smallest absolute Gasteiger partial charge is 0.244 e. The van der Waals surface area contributed by atoms with Gasteiger partial charge in [-0.15, -0.1) is 0 Å². The Bertz CT molecular complexity index is 873. The number of hydrogen-bond donors (Lipinski definition) is 1. The van der Waals surface area contributed by atoms with Crippen LogP contribution in [0.3, 0.4) is 0 Å². The Morgan fingerprint density at radius 2 is 2.20 bits per heavy atom. The Hall–Kier alpha value is -2.96. The number of imidazole rings is 1. The number of aromatic amines is 1. The summed E-state index contributed by atoms with van der Waals surface area (Å²) in [5.41, 5.74) is 1.10. The van der Waals surface area contributed by atoms with Crippen molar-refractivity contribution in [3.63, 3.8) is 0 Å². The van der Waals surface area contributed by atoms with Crippen LogP contribution in [-0.4, -0.2) is 37.1 Å². The number of amides is 1. The lowest BCUT2D eigenvalue weighted by atomic mass is 10.1. The average Bonchev–Trinajstić information content (AvgIpc) is 3.36. The van der Waals surface area contributed by atoms with Crippen molar-refractivity contribution in [3.8, 4) is 11.3 Å². The highest BCUT2D eigenvalue weighted by molar-refractivity contribution is 5.76. The molecular weight excluding hydrogens is 321 g/mol. The molecule has 128 valence electrons. The number of nitrogens with zero attached hydrogens (tertiary/aromatic N) is 4. The zero-order valence-corrected chi connectivity index (χ0v) is 13.6. The summed E-state index contributed by atoms with van der Waals surface area (Å²) in [6, 6.07) is 8.26. The SMILES string of the molecule is O=C(Cn1cccn1)N1CCCC1c1ncc(-c2ccccc2F)[nH]1. The normalized spacial score (nSPS) is 17.2. The van der Waals surface area contributed by atoms with Gasteiger partial charge in [0.2, 0.25) is 5.91 Å². The first-order valence-corrected chi connectivity index (χ1v) is 8.29. The molecule has 6 nitrogen and oxygen atoms in total. The van der Waals surface area contributed by atoms with Crippen LogP contribution in [-0.2, 0) is 11.3 Å². The fraction of sp³-hybridized carbons (Fsp3) is 0.278. The molecule has 0 spiro atoms. The molecule has 0 aliphatic carbocycles. The summed E-state index contributed by atoms with van der Waals surface area (Å²) in [5, 5.41) is 4.08. The monoisotopic (exact) mass is 339 g/mol. The Morgan fingerprint density at radius 1 is 1.32 bits per heavy atom. The van der Waals surface area contributed by atoms with Crippen LogP contribution < -0.4 is 0 Å². The molecule has 1 unspecified atom stereocenters. The van der Waals surface area contributed by atoms with Crippen LogP contribution in [0.5, 0.6) is 0 Å². The molecule has 0 saturated carbocycles. The summed E-state index contributed by atoms with van der Waals surface area (Å²) in [5.74, 6) is 0.412. The quantitative estimate of drug-likeness (QED) is 0.795. The second kappa shape index (κ2) is 6.51. The first-order chi connectivity index (χ1) is 12.2. The fourth-order valence-corrected chi connectivity index (χ4v) is 3.30. The van der Waals surface area contributed by atoms with Gasteiger partial charge in [0.15, 0.2) is 0 Å². The molecule has 1 aromatic carbocycles. The fourth-order valence-electron chi connectivity index (χ4n) is 3.30. The van der Waals surface area contributed by atoms with E-state index < -0.39 is 0 Å². The van der Waals surface area contributed by atoms with Crippen LogP contribution in [0, 0.1) is 5.82 Å². The second-order valence-corrected chi connectivity index (χ2v) is 6.11. The van der Waals surface area contributed by atoms with Gasteiger partial charge >= 0.3 is 0 Å². The molecule has 2 aromatic heterocycles. The van der Waals surface area contributed by atoms with Gasteiger partial charge in [-0.3, -0.25) is 9.48 Å². The molecule has 1 atom stereocenters. The lowest BCUT2D eigenvalue weighted by molar-refractivity contribution is -0.133. The van der Waals surface area contributed by atoms with Gasteiger partial charge in [-0.2, -0.15) is 5.10 Å². The Kier molecular flexibility index (Phi) is 4.05. The molecular formula is C18H18FN5O. The highest BCUT2D eigenvalue weighted by atomic mass is 19.1. The van der Waals surface area contributed by atoms with Gasteiger partial charge in [-0.1, -0.05) is 12.1 Å². The van der Waals surface area contributed by atoms with Gasteiger partial charge < -0.3 is 9.88 Å². The third-order valence-corrected chi connectivity index (χ3v) is 4.50. The number of rotatable bonds is 4. The summed E-state index contributed by atoms with van der Waals surface area (Å²) in [6.45, 7) is 0.908. The highest BCUT2D eigenvalue weighted by Crippen LogP contribution is 2.32. The minimum atomic E-state index is -0.296. The van der Waals surface area contributed by atoms with Crippen molar-refractivity contribution in [3.05, 3.63) is 60.6 Å². The maximum atomic E-state index is 14.0. The number of likely N-dealkylation sites (tertiary alicyclic amines) is 1. The van der Waals surface area contributed by atoms with Crippen molar-refractivity contribution in [2.45, 2.75) is 25.4 Å². The minimum Gasteiger partial charge on any atom is -0.340 e. The summed E-state index contributed by atoms with van der Waals surface area (Å²) in [7, 11) is 0. The van der Waals surface area contributed by atoms with Gasteiger partial charge in [-0.05, 0) is 31.0 Å².